The quantitative estimate of drug-likeness (QED) is 0.918. The molecule has 1 amide bonds. The molecule has 5 heteroatoms. The fourth-order valence-corrected chi connectivity index (χ4v) is 3.09. The topological polar surface area (TPSA) is 70.5 Å². The highest BCUT2D eigenvalue weighted by Crippen LogP contribution is 2.38. The molecule has 1 saturated heterocycles. The summed E-state index contributed by atoms with van der Waals surface area (Å²) in [5, 5.41) is 10.4. The molecule has 21 heavy (non-hydrogen) atoms. The number of carboxylic acids is 1. The number of piperidine rings is 1. The summed E-state index contributed by atoms with van der Waals surface area (Å²) >= 11 is 0. The van der Waals surface area contributed by atoms with Crippen LogP contribution in [-0.4, -0.2) is 33.9 Å². The number of nitrogens with zero attached hydrogens (tertiary/aromatic N) is 2. The predicted octanol–water partition coefficient (Wildman–Crippen LogP) is 2.23. The second-order valence-electron chi connectivity index (χ2n) is 5.36. The molecule has 0 spiro atoms. The normalized spacial score (nSPS) is 22.5. The van der Waals surface area contributed by atoms with Crippen molar-refractivity contribution in [3.63, 3.8) is 0 Å². The molecule has 0 radical (unpaired) electrons. The van der Waals surface area contributed by atoms with Gasteiger partial charge in [-0.2, -0.15) is 0 Å². The van der Waals surface area contributed by atoms with Crippen molar-refractivity contribution in [1.82, 2.24) is 9.88 Å². The Balaban J connectivity index is 2.17. The van der Waals surface area contributed by atoms with E-state index in [1.807, 2.05) is 30.3 Å². The highest BCUT2D eigenvalue weighted by molar-refractivity contribution is 5.86. The summed E-state index contributed by atoms with van der Waals surface area (Å²) in [6.45, 7) is 0. The van der Waals surface area contributed by atoms with E-state index in [4.69, 9.17) is 0 Å². The van der Waals surface area contributed by atoms with Crippen molar-refractivity contribution in [3.8, 4) is 0 Å². The molecule has 1 N–H and O–H groups in total. The van der Waals surface area contributed by atoms with Gasteiger partial charge in [0.25, 0.3) is 0 Å². The van der Waals surface area contributed by atoms with Crippen LogP contribution in [0.4, 0.5) is 0 Å². The van der Waals surface area contributed by atoms with E-state index >= 15 is 0 Å². The molecule has 3 rings (SSSR count). The number of aliphatic carboxylic acids is 1. The monoisotopic (exact) mass is 284 g/mol. The average Bonchev–Trinajstić information content (AvgIpc) is 2.49. The maximum absolute atomic E-state index is 12.0. The van der Waals surface area contributed by atoms with Gasteiger partial charge in [-0.1, -0.05) is 24.3 Å². The molecule has 2 atom stereocenters. The third-order valence-electron chi connectivity index (χ3n) is 4.16. The lowest BCUT2D eigenvalue weighted by Crippen LogP contribution is -2.43. The number of rotatable bonds is 2. The molecular weight excluding hydrogens is 268 g/mol. The standard InChI is InChI=1S/C16H16N2O3/c1-18-13(19)8-7-12(16(20)21)15(18)11-6-2-4-10-5-3-9-17-14(10)11/h2-6,9,12,15H,7-8H2,1H3,(H,20,21). The number of pyridine rings is 1. The molecule has 108 valence electrons. The first-order valence-electron chi connectivity index (χ1n) is 6.91. The zero-order chi connectivity index (χ0) is 15.0. The Kier molecular flexibility index (Phi) is 3.33. The summed E-state index contributed by atoms with van der Waals surface area (Å²) in [6.07, 6.45) is 2.33. The van der Waals surface area contributed by atoms with Crippen LogP contribution in [0, 0.1) is 5.92 Å². The van der Waals surface area contributed by atoms with Crippen LogP contribution in [0.5, 0.6) is 0 Å². The van der Waals surface area contributed by atoms with E-state index in [0.29, 0.717) is 6.42 Å². The van der Waals surface area contributed by atoms with Crippen molar-refractivity contribution in [3.05, 3.63) is 42.1 Å². The van der Waals surface area contributed by atoms with E-state index in [2.05, 4.69) is 4.98 Å². The molecule has 5 nitrogen and oxygen atoms in total. The van der Waals surface area contributed by atoms with Gasteiger partial charge < -0.3 is 10.0 Å². The first-order chi connectivity index (χ1) is 10.1. The van der Waals surface area contributed by atoms with Gasteiger partial charge in [-0.15, -0.1) is 0 Å². The number of carbonyl (C=O) groups excluding carboxylic acids is 1. The molecule has 0 saturated carbocycles. The molecule has 2 unspecified atom stereocenters. The van der Waals surface area contributed by atoms with Crippen LogP contribution in [0.2, 0.25) is 0 Å². The zero-order valence-corrected chi connectivity index (χ0v) is 11.7. The number of aromatic nitrogens is 1. The first-order valence-corrected chi connectivity index (χ1v) is 6.91. The molecular formula is C16H16N2O3. The Labute approximate surface area is 122 Å². The molecule has 0 aliphatic carbocycles. The van der Waals surface area contributed by atoms with E-state index in [9.17, 15) is 14.7 Å². The minimum atomic E-state index is -0.868. The third kappa shape index (κ3) is 2.24. The molecule has 0 bridgehead atoms. The smallest absolute Gasteiger partial charge is 0.308 e. The van der Waals surface area contributed by atoms with Gasteiger partial charge in [-0.25, -0.2) is 0 Å². The maximum Gasteiger partial charge on any atom is 0.308 e. The maximum atomic E-state index is 12.0. The van der Waals surface area contributed by atoms with Gasteiger partial charge in [-0.05, 0) is 12.5 Å². The van der Waals surface area contributed by atoms with Gasteiger partial charge in [0.05, 0.1) is 17.5 Å². The van der Waals surface area contributed by atoms with Crippen molar-refractivity contribution in [2.45, 2.75) is 18.9 Å². The minimum absolute atomic E-state index is 0.0227. The predicted molar refractivity (Wildman–Crippen MR) is 77.6 cm³/mol. The second-order valence-corrected chi connectivity index (χ2v) is 5.36. The fraction of sp³-hybridized carbons (Fsp3) is 0.312. The van der Waals surface area contributed by atoms with E-state index in [1.165, 1.54) is 0 Å². The number of carbonyl (C=O) groups is 2. The van der Waals surface area contributed by atoms with E-state index in [-0.39, 0.29) is 12.3 Å². The Bertz CT molecular complexity index is 708. The lowest BCUT2D eigenvalue weighted by Gasteiger charge is -2.37. The van der Waals surface area contributed by atoms with Crippen LogP contribution in [-0.2, 0) is 9.59 Å². The summed E-state index contributed by atoms with van der Waals surface area (Å²) < 4.78 is 0. The van der Waals surface area contributed by atoms with Gasteiger partial charge in [0.1, 0.15) is 0 Å². The Morgan fingerprint density at radius 3 is 2.86 bits per heavy atom. The molecule has 1 aliphatic heterocycles. The fourth-order valence-electron chi connectivity index (χ4n) is 3.09. The summed E-state index contributed by atoms with van der Waals surface area (Å²) in [7, 11) is 1.67. The highest BCUT2D eigenvalue weighted by Gasteiger charge is 2.39. The third-order valence-corrected chi connectivity index (χ3v) is 4.16. The van der Waals surface area contributed by atoms with E-state index in [0.717, 1.165) is 16.5 Å². The number of para-hydroxylation sites is 1. The Morgan fingerprint density at radius 1 is 1.33 bits per heavy atom. The summed E-state index contributed by atoms with van der Waals surface area (Å²) in [5.41, 5.74) is 1.56. The minimum Gasteiger partial charge on any atom is -0.481 e. The number of amides is 1. The number of hydrogen-bond acceptors (Lipinski definition) is 3. The van der Waals surface area contributed by atoms with Crippen molar-refractivity contribution in [1.29, 1.82) is 0 Å². The lowest BCUT2D eigenvalue weighted by molar-refractivity contribution is -0.150. The van der Waals surface area contributed by atoms with E-state index in [1.54, 1.807) is 18.1 Å². The Morgan fingerprint density at radius 2 is 2.10 bits per heavy atom. The summed E-state index contributed by atoms with van der Waals surface area (Å²) in [4.78, 5) is 29.5. The molecule has 1 fully saturated rings. The number of carboxylic acid groups (broad SMARTS) is 1. The van der Waals surface area contributed by atoms with Gasteiger partial charge >= 0.3 is 5.97 Å². The summed E-state index contributed by atoms with van der Waals surface area (Å²) in [6, 6.07) is 8.99. The van der Waals surface area contributed by atoms with Gasteiger partial charge in [0.15, 0.2) is 0 Å². The summed E-state index contributed by atoms with van der Waals surface area (Å²) in [5.74, 6) is -1.49. The van der Waals surface area contributed by atoms with Crippen molar-refractivity contribution >= 4 is 22.8 Å². The van der Waals surface area contributed by atoms with Crippen LogP contribution >= 0.6 is 0 Å². The van der Waals surface area contributed by atoms with Crippen LogP contribution in [0.15, 0.2) is 36.5 Å². The van der Waals surface area contributed by atoms with Crippen LogP contribution in [0.3, 0.4) is 0 Å². The van der Waals surface area contributed by atoms with Crippen molar-refractivity contribution in [2.75, 3.05) is 7.05 Å². The number of benzene rings is 1. The zero-order valence-electron chi connectivity index (χ0n) is 11.7. The second kappa shape index (κ2) is 5.16. The number of hydrogen-bond donors (Lipinski definition) is 1. The SMILES string of the molecule is CN1C(=O)CCC(C(=O)O)C1c1cccc2cccnc12. The van der Waals surface area contributed by atoms with Crippen LogP contribution in [0.1, 0.15) is 24.4 Å². The molecule has 1 aliphatic rings. The number of fused-ring (bicyclic) bond motifs is 1. The molecule has 2 aromatic rings. The lowest BCUT2D eigenvalue weighted by atomic mass is 9.84. The van der Waals surface area contributed by atoms with E-state index < -0.39 is 17.9 Å². The number of likely N-dealkylation sites (tertiary alicyclic amines) is 1. The largest absolute Gasteiger partial charge is 0.481 e. The first kappa shape index (κ1) is 13.5. The average molecular weight is 284 g/mol. The molecule has 1 aromatic carbocycles. The van der Waals surface area contributed by atoms with Gasteiger partial charge in [0.2, 0.25) is 5.91 Å². The van der Waals surface area contributed by atoms with Crippen molar-refractivity contribution in [2.24, 2.45) is 5.92 Å². The van der Waals surface area contributed by atoms with Crippen molar-refractivity contribution < 1.29 is 14.7 Å². The molecule has 2 heterocycles. The van der Waals surface area contributed by atoms with Crippen LogP contribution in [0.25, 0.3) is 10.9 Å². The van der Waals surface area contributed by atoms with Crippen LogP contribution < -0.4 is 0 Å². The molecule has 1 aromatic heterocycles. The Hall–Kier alpha value is -2.43. The van der Waals surface area contributed by atoms with Gasteiger partial charge in [0, 0.05) is 30.6 Å². The van der Waals surface area contributed by atoms with Gasteiger partial charge in [-0.3, -0.25) is 14.6 Å². The highest BCUT2D eigenvalue weighted by atomic mass is 16.4.